The Morgan fingerprint density at radius 2 is 1.35 bits per heavy atom. The minimum absolute atomic E-state index is 0.144. The lowest BCUT2D eigenvalue weighted by Crippen LogP contribution is -1.91. The van der Waals surface area contributed by atoms with Crippen molar-refractivity contribution >= 4 is 10.8 Å². The monoisotopic (exact) mass is 416 g/mol. The van der Waals surface area contributed by atoms with Crippen LogP contribution in [0.5, 0.6) is 5.75 Å². The van der Waals surface area contributed by atoms with E-state index < -0.39 is 5.82 Å². The van der Waals surface area contributed by atoms with Crippen LogP contribution in [0.15, 0.2) is 72.8 Å². The van der Waals surface area contributed by atoms with Gasteiger partial charge in [-0.15, -0.1) is 0 Å². The van der Waals surface area contributed by atoms with Crippen LogP contribution in [0.1, 0.15) is 31.7 Å². The molecule has 4 aromatic rings. The third-order valence-electron chi connectivity index (χ3n) is 5.74. The van der Waals surface area contributed by atoms with Gasteiger partial charge in [0.2, 0.25) is 0 Å². The number of benzene rings is 4. The predicted molar refractivity (Wildman–Crippen MR) is 125 cm³/mol. The highest BCUT2D eigenvalue weighted by Gasteiger charge is 2.11. The van der Waals surface area contributed by atoms with Crippen molar-refractivity contribution < 1.29 is 13.5 Å². The van der Waals surface area contributed by atoms with Crippen molar-refractivity contribution in [3.05, 3.63) is 90.0 Å². The van der Waals surface area contributed by atoms with Crippen LogP contribution in [0.3, 0.4) is 0 Å². The van der Waals surface area contributed by atoms with Crippen molar-refractivity contribution in [1.29, 1.82) is 0 Å². The lowest BCUT2D eigenvalue weighted by atomic mass is 9.96. The summed E-state index contributed by atoms with van der Waals surface area (Å²) >= 11 is 0. The second kappa shape index (κ2) is 9.30. The molecule has 0 aliphatic carbocycles. The number of halogens is 2. The third-order valence-corrected chi connectivity index (χ3v) is 5.74. The van der Waals surface area contributed by atoms with Gasteiger partial charge in [-0.3, -0.25) is 0 Å². The van der Waals surface area contributed by atoms with Crippen LogP contribution in [-0.4, -0.2) is 7.11 Å². The Balaban J connectivity index is 1.61. The van der Waals surface area contributed by atoms with E-state index >= 15 is 0 Å². The van der Waals surface area contributed by atoms with Crippen LogP contribution < -0.4 is 4.74 Å². The number of fused-ring (bicyclic) bond motifs is 1. The van der Waals surface area contributed by atoms with Crippen LogP contribution in [0.2, 0.25) is 0 Å². The third kappa shape index (κ3) is 4.61. The lowest BCUT2D eigenvalue weighted by molar-refractivity contribution is 0.386. The van der Waals surface area contributed by atoms with Crippen molar-refractivity contribution in [1.82, 2.24) is 0 Å². The van der Waals surface area contributed by atoms with E-state index in [1.165, 1.54) is 55.5 Å². The van der Waals surface area contributed by atoms with E-state index in [4.69, 9.17) is 4.74 Å². The fourth-order valence-electron chi connectivity index (χ4n) is 3.97. The summed E-state index contributed by atoms with van der Waals surface area (Å²) in [7, 11) is 1.41. The molecule has 1 nitrogen and oxygen atoms in total. The van der Waals surface area contributed by atoms with E-state index in [9.17, 15) is 8.78 Å². The average molecular weight is 417 g/mol. The molecule has 158 valence electrons. The fraction of sp³-hybridized carbons (Fsp3) is 0.214. The predicted octanol–water partition coefficient (Wildman–Crippen LogP) is 8.19. The van der Waals surface area contributed by atoms with E-state index in [0.29, 0.717) is 11.1 Å². The summed E-state index contributed by atoms with van der Waals surface area (Å²) in [6.07, 6.45) is 4.79. The van der Waals surface area contributed by atoms with E-state index in [0.717, 1.165) is 22.9 Å². The summed E-state index contributed by atoms with van der Waals surface area (Å²) in [4.78, 5) is 0. The molecule has 0 spiro atoms. The maximum absolute atomic E-state index is 14.9. The van der Waals surface area contributed by atoms with Gasteiger partial charge in [0.25, 0.3) is 0 Å². The topological polar surface area (TPSA) is 9.23 Å². The van der Waals surface area contributed by atoms with Crippen LogP contribution in [0.4, 0.5) is 8.78 Å². The molecule has 0 aliphatic rings. The zero-order chi connectivity index (χ0) is 21.8. The second-order valence-electron chi connectivity index (χ2n) is 7.90. The first-order valence-corrected chi connectivity index (χ1v) is 10.8. The Morgan fingerprint density at radius 1 is 0.677 bits per heavy atom. The summed E-state index contributed by atoms with van der Waals surface area (Å²) in [6.45, 7) is 2.21. The molecule has 0 bridgehead atoms. The molecule has 4 aromatic carbocycles. The molecule has 0 saturated heterocycles. The summed E-state index contributed by atoms with van der Waals surface area (Å²) in [5.74, 6) is -0.744. The summed E-state index contributed by atoms with van der Waals surface area (Å²) in [5.41, 5.74) is 3.96. The molecule has 0 unspecified atom stereocenters. The maximum Gasteiger partial charge on any atom is 0.165 e. The molecule has 4 rings (SSSR count). The number of ether oxygens (including phenoxy) is 1. The zero-order valence-electron chi connectivity index (χ0n) is 17.9. The van der Waals surface area contributed by atoms with Gasteiger partial charge in [-0.25, -0.2) is 8.78 Å². The van der Waals surface area contributed by atoms with Crippen molar-refractivity contribution in [3.63, 3.8) is 0 Å². The van der Waals surface area contributed by atoms with Crippen LogP contribution in [0.25, 0.3) is 33.0 Å². The molecule has 0 atom stereocenters. The van der Waals surface area contributed by atoms with Gasteiger partial charge in [0.1, 0.15) is 5.82 Å². The summed E-state index contributed by atoms with van der Waals surface area (Å²) in [5, 5.41) is 2.34. The zero-order valence-corrected chi connectivity index (χ0v) is 17.9. The van der Waals surface area contributed by atoms with Gasteiger partial charge in [0.15, 0.2) is 11.6 Å². The number of rotatable bonds is 7. The first-order valence-electron chi connectivity index (χ1n) is 10.8. The Hall–Kier alpha value is -3.20. The molecule has 0 N–H and O–H groups in total. The standard InChI is InChI=1S/C28H26F2O/c1-3-4-5-6-19-7-8-21-16-22(10-9-20(21)15-19)23-11-13-25(26(29)17-23)24-12-14-28(31-2)27(30)18-24/h7-18H,3-6H2,1-2H3. The minimum atomic E-state index is -0.507. The van der Waals surface area contributed by atoms with Crippen molar-refractivity contribution in [2.24, 2.45) is 0 Å². The molecular weight excluding hydrogens is 390 g/mol. The van der Waals surface area contributed by atoms with Crippen molar-refractivity contribution in [3.8, 4) is 28.0 Å². The Labute approximate surface area is 182 Å². The molecule has 0 fully saturated rings. The minimum Gasteiger partial charge on any atom is -0.494 e. The Morgan fingerprint density at radius 3 is 2.10 bits per heavy atom. The van der Waals surface area contributed by atoms with Crippen molar-refractivity contribution in [2.75, 3.05) is 7.11 Å². The van der Waals surface area contributed by atoms with Gasteiger partial charge in [-0.2, -0.15) is 0 Å². The van der Waals surface area contributed by atoms with E-state index in [2.05, 4.69) is 37.3 Å². The molecule has 31 heavy (non-hydrogen) atoms. The van der Waals surface area contributed by atoms with Gasteiger partial charge < -0.3 is 4.74 Å². The number of unbranched alkanes of at least 4 members (excludes halogenated alkanes) is 2. The van der Waals surface area contributed by atoms with Gasteiger partial charge in [0, 0.05) is 5.56 Å². The Kier molecular flexibility index (Phi) is 6.31. The maximum atomic E-state index is 14.9. The van der Waals surface area contributed by atoms with E-state index in [1.54, 1.807) is 12.1 Å². The van der Waals surface area contributed by atoms with E-state index in [1.807, 2.05) is 12.1 Å². The molecule has 0 aromatic heterocycles. The Bertz CT molecular complexity index is 1210. The molecule has 0 radical (unpaired) electrons. The quantitative estimate of drug-likeness (QED) is 0.276. The molecule has 0 heterocycles. The molecule has 0 aliphatic heterocycles. The summed E-state index contributed by atoms with van der Waals surface area (Å²) in [6, 6.07) is 22.3. The lowest BCUT2D eigenvalue weighted by Gasteiger charge is -2.10. The van der Waals surface area contributed by atoms with Crippen molar-refractivity contribution in [2.45, 2.75) is 32.6 Å². The van der Waals surface area contributed by atoms with Gasteiger partial charge in [-0.05, 0) is 70.1 Å². The smallest absolute Gasteiger partial charge is 0.165 e. The number of methoxy groups -OCH3 is 1. The highest BCUT2D eigenvalue weighted by molar-refractivity contribution is 5.88. The van der Waals surface area contributed by atoms with E-state index in [-0.39, 0.29) is 11.6 Å². The number of aryl methyl sites for hydroxylation is 1. The van der Waals surface area contributed by atoms with Gasteiger partial charge >= 0.3 is 0 Å². The number of hydrogen-bond donors (Lipinski definition) is 0. The highest BCUT2D eigenvalue weighted by Crippen LogP contribution is 2.32. The molecule has 3 heteroatoms. The highest BCUT2D eigenvalue weighted by atomic mass is 19.1. The first kappa shape index (κ1) is 21.0. The molecule has 0 saturated carbocycles. The fourth-order valence-corrected chi connectivity index (χ4v) is 3.97. The van der Waals surface area contributed by atoms with Crippen LogP contribution in [-0.2, 0) is 6.42 Å². The second-order valence-corrected chi connectivity index (χ2v) is 7.90. The van der Waals surface area contributed by atoms with Gasteiger partial charge in [-0.1, -0.05) is 68.3 Å². The SMILES string of the molecule is CCCCCc1ccc2cc(-c3ccc(-c4ccc(OC)c(F)c4)c(F)c3)ccc2c1. The number of hydrogen-bond acceptors (Lipinski definition) is 1. The summed E-state index contributed by atoms with van der Waals surface area (Å²) < 4.78 is 33.9. The average Bonchev–Trinajstić information content (AvgIpc) is 2.79. The van der Waals surface area contributed by atoms with Crippen LogP contribution >= 0.6 is 0 Å². The molecule has 0 amide bonds. The molecular formula is C28H26F2O. The van der Waals surface area contributed by atoms with Gasteiger partial charge in [0.05, 0.1) is 7.11 Å². The first-order chi connectivity index (χ1) is 15.1. The van der Waals surface area contributed by atoms with Crippen LogP contribution in [0, 0.1) is 11.6 Å². The largest absolute Gasteiger partial charge is 0.494 e. The normalized spacial score (nSPS) is 11.1.